The fraction of sp³-hybridized carbons (Fsp3) is 0.0606. The van der Waals surface area contributed by atoms with Gasteiger partial charge in [0.15, 0.2) is 0 Å². The highest BCUT2D eigenvalue weighted by Gasteiger charge is 2.19. The summed E-state index contributed by atoms with van der Waals surface area (Å²) in [4.78, 5) is 9.41. The number of pyridine rings is 2. The molecule has 0 unspecified atom stereocenters. The van der Waals surface area contributed by atoms with Crippen LogP contribution in [0.2, 0.25) is 0 Å². The van der Waals surface area contributed by atoms with Gasteiger partial charge in [-0.3, -0.25) is 9.97 Å². The Morgan fingerprint density at radius 2 is 1.29 bits per heavy atom. The Labute approximate surface area is 408 Å². The maximum Gasteiger partial charge on any atom is 0.0708 e. The van der Waals surface area contributed by atoms with E-state index >= 15 is 0 Å². The minimum atomic E-state index is 0.717. The van der Waals surface area contributed by atoms with E-state index in [1.807, 2.05) is 42.7 Å². The molecule has 0 spiro atoms. The van der Waals surface area contributed by atoms with E-state index < -0.39 is 0 Å². The summed E-state index contributed by atoms with van der Waals surface area (Å²) >= 11 is 0. The topological polar surface area (TPSA) is 35.6 Å². The van der Waals surface area contributed by atoms with Crippen LogP contribution in [0.25, 0.3) is 112 Å². The van der Waals surface area contributed by atoms with E-state index in [1.165, 1.54) is 82.2 Å². The van der Waals surface area contributed by atoms with Crippen LogP contribution in [0, 0.1) is 6.92 Å². The van der Waals surface area contributed by atoms with Gasteiger partial charge in [0.05, 0.1) is 22.4 Å². The molecule has 11 aromatic rings. The van der Waals surface area contributed by atoms with E-state index in [4.69, 9.17) is 9.97 Å². The monoisotopic (exact) mass is 898 g/mol. The first-order valence-corrected chi connectivity index (χ1v) is 24.1. The Kier molecular flexibility index (Phi) is 10.9. The number of hydrogen-bond donors (Lipinski definition) is 0. The molecule has 4 heterocycles. The zero-order chi connectivity index (χ0) is 47.1. The highest BCUT2D eigenvalue weighted by molar-refractivity contribution is 6.12. The molecule has 4 heteroatoms. The second-order valence-electron chi connectivity index (χ2n) is 18.1. The van der Waals surface area contributed by atoms with Crippen molar-refractivity contribution < 1.29 is 0 Å². The van der Waals surface area contributed by atoms with Crippen molar-refractivity contribution in [2.45, 2.75) is 26.8 Å². The van der Waals surface area contributed by atoms with Gasteiger partial charge in [-0.05, 0) is 154 Å². The third-order valence-electron chi connectivity index (χ3n) is 14.1. The largest absolute Gasteiger partial charge is 0.337 e. The smallest absolute Gasteiger partial charge is 0.0708 e. The van der Waals surface area contributed by atoms with Crippen molar-refractivity contribution in [1.82, 2.24) is 19.1 Å². The van der Waals surface area contributed by atoms with Crippen LogP contribution in [-0.2, 0) is 6.54 Å². The Balaban J connectivity index is 0.983. The van der Waals surface area contributed by atoms with E-state index in [0.29, 0.717) is 0 Å². The third kappa shape index (κ3) is 7.33. The van der Waals surface area contributed by atoms with E-state index in [1.54, 1.807) is 0 Å². The standard InChI is InChI=1S/C66H50N4/c1-4-5-20-49(45(3)61-28-15-17-38-67-61)46-33-37-66-60(41-46)57-26-12-14-31-65(57)70(66)48-34-35-54-53-23-8-6-7-21-50(53)44(2)51(58(54)43-48)27-19-40-69-63-30-13-11-25-56(63)59-42-47(32-36-64(59)69)52-22-9-10-24-55(52)62-29-16-18-39-68-62/h4-5,7-39,41-43H,1,6,40H2,2-3H3/b20-5-,27-19-,49-45-. The van der Waals surface area contributed by atoms with Crippen LogP contribution >= 0.6 is 0 Å². The summed E-state index contributed by atoms with van der Waals surface area (Å²) in [5, 5.41) is 7.39. The van der Waals surface area contributed by atoms with Crippen molar-refractivity contribution in [3.63, 3.8) is 0 Å². The Hall–Kier alpha value is -8.86. The molecule has 334 valence electrons. The summed E-state index contributed by atoms with van der Waals surface area (Å²) < 4.78 is 4.90. The highest BCUT2D eigenvalue weighted by Crippen LogP contribution is 2.41. The van der Waals surface area contributed by atoms with E-state index in [0.717, 1.165) is 57.8 Å². The van der Waals surface area contributed by atoms with Crippen LogP contribution in [0.1, 0.15) is 46.9 Å². The number of allylic oxidation sites excluding steroid dienone is 8. The van der Waals surface area contributed by atoms with Gasteiger partial charge in [-0.1, -0.05) is 152 Å². The summed E-state index contributed by atoms with van der Waals surface area (Å²) in [6.45, 7) is 9.13. The lowest BCUT2D eigenvalue weighted by atomic mass is 9.89. The first-order chi connectivity index (χ1) is 34.6. The van der Waals surface area contributed by atoms with Gasteiger partial charge in [0.25, 0.3) is 0 Å². The van der Waals surface area contributed by atoms with Gasteiger partial charge in [-0.2, -0.15) is 0 Å². The quantitative estimate of drug-likeness (QED) is 0.128. The zero-order valence-electron chi connectivity index (χ0n) is 39.3. The van der Waals surface area contributed by atoms with Crippen LogP contribution in [-0.4, -0.2) is 19.1 Å². The van der Waals surface area contributed by atoms with Crippen molar-refractivity contribution in [3.05, 3.63) is 253 Å². The van der Waals surface area contributed by atoms with E-state index in [2.05, 4.69) is 218 Å². The summed E-state index contributed by atoms with van der Waals surface area (Å²) in [5.41, 5.74) is 19.7. The average molecular weight is 899 g/mol. The number of fused-ring (bicyclic) bond motifs is 9. The number of nitrogens with zero attached hydrogens (tertiary/aromatic N) is 4. The van der Waals surface area contributed by atoms with Crippen LogP contribution in [0.4, 0.5) is 0 Å². The highest BCUT2D eigenvalue weighted by atomic mass is 15.0. The maximum atomic E-state index is 4.71. The summed E-state index contributed by atoms with van der Waals surface area (Å²) in [7, 11) is 0. The predicted molar refractivity (Wildman–Crippen MR) is 299 cm³/mol. The van der Waals surface area contributed by atoms with Gasteiger partial charge >= 0.3 is 0 Å². The lowest BCUT2D eigenvalue weighted by Gasteiger charge is -2.17. The molecule has 0 atom stereocenters. The molecule has 4 nitrogen and oxygen atoms in total. The maximum absolute atomic E-state index is 4.71. The first-order valence-electron chi connectivity index (χ1n) is 24.1. The molecule has 7 aromatic carbocycles. The molecule has 0 radical (unpaired) electrons. The second kappa shape index (κ2) is 18.0. The normalized spacial score (nSPS) is 13.1. The number of aromatic nitrogens is 4. The van der Waals surface area contributed by atoms with Crippen molar-refractivity contribution in [2.24, 2.45) is 0 Å². The Morgan fingerprint density at radius 3 is 2.09 bits per heavy atom. The SMILES string of the molecule is C=C/C=C\C(=C(/C)c1ccccn1)c1ccc2c(c1)c1ccccc1n2-c1ccc2c3c(c(C)c(/C=C\Cn4c5ccccc5c5cc(-c6ccccc6-c6ccccn6)ccc54)c2c1)C=CCC=C3. The lowest BCUT2D eigenvalue weighted by Crippen LogP contribution is -1.99. The fourth-order valence-electron chi connectivity index (χ4n) is 10.8. The van der Waals surface area contributed by atoms with Crippen molar-refractivity contribution in [1.29, 1.82) is 0 Å². The van der Waals surface area contributed by atoms with Crippen molar-refractivity contribution >= 4 is 83.8 Å². The molecule has 12 rings (SSSR count). The van der Waals surface area contributed by atoms with Crippen LogP contribution in [0.5, 0.6) is 0 Å². The molecule has 0 N–H and O–H groups in total. The van der Waals surface area contributed by atoms with Gasteiger partial charge in [-0.25, -0.2) is 0 Å². The molecule has 0 aliphatic heterocycles. The van der Waals surface area contributed by atoms with E-state index in [-0.39, 0.29) is 0 Å². The summed E-state index contributed by atoms with van der Waals surface area (Å²) in [6.07, 6.45) is 24.5. The van der Waals surface area contributed by atoms with Crippen molar-refractivity contribution in [2.75, 3.05) is 0 Å². The molecule has 1 aliphatic rings. The van der Waals surface area contributed by atoms with Gasteiger partial charge in [0, 0.05) is 62.8 Å². The Bertz CT molecular complexity index is 4020. The lowest BCUT2D eigenvalue weighted by molar-refractivity contribution is 0.902. The average Bonchev–Trinajstić information content (AvgIpc) is 3.78. The minimum absolute atomic E-state index is 0.717. The summed E-state index contributed by atoms with van der Waals surface area (Å²) in [5.74, 6) is 0. The summed E-state index contributed by atoms with van der Waals surface area (Å²) in [6, 6.07) is 59.2. The molecule has 0 fully saturated rings. The number of para-hydroxylation sites is 2. The second-order valence-corrected chi connectivity index (χ2v) is 18.1. The zero-order valence-corrected chi connectivity index (χ0v) is 39.3. The predicted octanol–water partition coefficient (Wildman–Crippen LogP) is 17.3. The van der Waals surface area contributed by atoms with Gasteiger partial charge in [-0.15, -0.1) is 0 Å². The Morgan fingerprint density at radius 1 is 0.600 bits per heavy atom. The number of hydrogen-bond acceptors (Lipinski definition) is 2. The first kappa shape index (κ1) is 42.5. The number of rotatable bonds is 10. The number of benzene rings is 7. The molecule has 70 heavy (non-hydrogen) atoms. The van der Waals surface area contributed by atoms with Gasteiger partial charge < -0.3 is 9.13 Å². The van der Waals surface area contributed by atoms with Gasteiger partial charge in [0.2, 0.25) is 0 Å². The van der Waals surface area contributed by atoms with Crippen LogP contribution < -0.4 is 0 Å². The van der Waals surface area contributed by atoms with Crippen LogP contribution in [0.15, 0.2) is 219 Å². The van der Waals surface area contributed by atoms with Crippen molar-refractivity contribution in [3.8, 4) is 28.1 Å². The molecule has 0 amide bonds. The van der Waals surface area contributed by atoms with Crippen LogP contribution in [0.3, 0.4) is 0 Å². The molecule has 0 saturated heterocycles. The molecule has 0 bridgehead atoms. The molecule has 4 aromatic heterocycles. The molecule has 0 saturated carbocycles. The third-order valence-corrected chi connectivity index (χ3v) is 14.1. The minimum Gasteiger partial charge on any atom is -0.337 e. The van der Waals surface area contributed by atoms with Gasteiger partial charge in [0.1, 0.15) is 0 Å². The van der Waals surface area contributed by atoms with E-state index in [9.17, 15) is 0 Å². The molecular formula is C66H50N4. The fourth-order valence-corrected chi connectivity index (χ4v) is 10.8. The molecule has 1 aliphatic carbocycles. The molecular weight excluding hydrogens is 849 g/mol.